The molecule has 7 nitrogen and oxygen atoms in total. The van der Waals surface area contributed by atoms with Crippen molar-refractivity contribution in [2.75, 3.05) is 20.8 Å². The largest absolute Gasteiger partial charge is 0.493 e. The quantitative estimate of drug-likeness (QED) is 0.620. The van der Waals surface area contributed by atoms with Crippen LogP contribution in [0.3, 0.4) is 0 Å². The van der Waals surface area contributed by atoms with Crippen LogP contribution in [0.4, 0.5) is 4.79 Å². The summed E-state index contributed by atoms with van der Waals surface area (Å²) in [6.07, 6.45) is 1.08. The van der Waals surface area contributed by atoms with Gasteiger partial charge < -0.3 is 19.4 Å². The van der Waals surface area contributed by atoms with Crippen molar-refractivity contribution in [3.05, 3.63) is 59.3 Å². The predicted octanol–water partition coefficient (Wildman–Crippen LogP) is 3.85. The van der Waals surface area contributed by atoms with E-state index < -0.39 is 11.6 Å². The van der Waals surface area contributed by atoms with Gasteiger partial charge >= 0.3 is 6.03 Å². The van der Waals surface area contributed by atoms with E-state index in [9.17, 15) is 9.59 Å². The number of ether oxygens (including phenoxy) is 2. The number of carbonyl (C=O) groups excluding carboxylic acids is 2. The molecule has 0 spiro atoms. The summed E-state index contributed by atoms with van der Waals surface area (Å²) in [6.45, 7) is 4.34. The first-order valence-electron chi connectivity index (χ1n) is 10.8. The summed E-state index contributed by atoms with van der Waals surface area (Å²) in [7, 11) is 3.18. The van der Waals surface area contributed by atoms with Gasteiger partial charge in [-0.1, -0.05) is 24.3 Å². The summed E-state index contributed by atoms with van der Waals surface area (Å²) in [4.78, 5) is 33.4. The number of carbonyl (C=O) groups is 2. The van der Waals surface area contributed by atoms with Crippen LogP contribution in [0.5, 0.6) is 11.5 Å². The summed E-state index contributed by atoms with van der Waals surface area (Å²) >= 11 is 0. The van der Waals surface area contributed by atoms with Gasteiger partial charge in [0.25, 0.3) is 5.91 Å². The second-order valence-corrected chi connectivity index (χ2v) is 8.88. The van der Waals surface area contributed by atoms with Gasteiger partial charge in [-0.05, 0) is 49.6 Å². The minimum atomic E-state index is -0.609. The van der Waals surface area contributed by atoms with Gasteiger partial charge in [0.05, 0.1) is 19.8 Å². The van der Waals surface area contributed by atoms with Gasteiger partial charge in [0.1, 0.15) is 6.04 Å². The molecule has 1 atom stereocenters. The minimum Gasteiger partial charge on any atom is -0.493 e. The first-order valence-corrected chi connectivity index (χ1v) is 10.8. The monoisotopic (exact) mass is 433 g/mol. The molecule has 1 unspecified atom stereocenters. The number of aromatic nitrogens is 1. The van der Waals surface area contributed by atoms with E-state index in [1.54, 1.807) is 19.1 Å². The molecule has 2 aliphatic heterocycles. The highest BCUT2D eigenvalue weighted by molar-refractivity contribution is 6.05. The Bertz CT molecular complexity index is 1230. The molecule has 1 saturated heterocycles. The second-order valence-electron chi connectivity index (χ2n) is 8.88. The maximum atomic E-state index is 13.4. The molecule has 32 heavy (non-hydrogen) atoms. The average Bonchev–Trinajstić information content (AvgIpc) is 3.29. The number of urea groups is 1. The zero-order valence-electron chi connectivity index (χ0n) is 18.8. The van der Waals surface area contributed by atoms with Crippen molar-refractivity contribution in [3.8, 4) is 11.5 Å². The molecule has 3 aromatic rings. The molecule has 3 heterocycles. The molecule has 166 valence electrons. The summed E-state index contributed by atoms with van der Waals surface area (Å²) < 4.78 is 10.7. The Balaban J connectivity index is 1.42. The Labute approximate surface area is 186 Å². The van der Waals surface area contributed by atoms with E-state index in [4.69, 9.17) is 9.47 Å². The molecule has 1 N–H and O–H groups in total. The number of methoxy groups -OCH3 is 2. The van der Waals surface area contributed by atoms with E-state index in [0.717, 1.165) is 27.7 Å². The maximum Gasteiger partial charge on any atom is 0.328 e. The molecule has 7 heteroatoms. The van der Waals surface area contributed by atoms with Crippen LogP contribution in [0.25, 0.3) is 10.9 Å². The highest BCUT2D eigenvalue weighted by atomic mass is 16.5. The van der Waals surface area contributed by atoms with Gasteiger partial charge in [-0.25, -0.2) is 4.79 Å². The second kappa shape index (κ2) is 7.29. The molecule has 0 saturated carbocycles. The third-order valence-corrected chi connectivity index (χ3v) is 6.80. The van der Waals surface area contributed by atoms with E-state index in [1.165, 1.54) is 4.90 Å². The first-order chi connectivity index (χ1) is 15.4. The van der Waals surface area contributed by atoms with Crippen molar-refractivity contribution >= 4 is 22.8 Å². The molecular formula is C25H27N3O4. The summed E-state index contributed by atoms with van der Waals surface area (Å²) in [5, 5.41) is 1.12. The molecule has 0 aliphatic carbocycles. The van der Waals surface area contributed by atoms with Crippen LogP contribution in [0.2, 0.25) is 0 Å². The number of nitrogens with one attached hydrogen (secondary N) is 1. The van der Waals surface area contributed by atoms with E-state index >= 15 is 0 Å². The number of benzene rings is 2. The van der Waals surface area contributed by atoms with Gasteiger partial charge in [-0.2, -0.15) is 0 Å². The highest BCUT2D eigenvalue weighted by Crippen LogP contribution is 2.44. The van der Waals surface area contributed by atoms with Gasteiger partial charge in [0, 0.05) is 29.6 Å². The Hall–Kier alpha value is -3.48. The Morgan fingerprint density at radius 2 is 1.81 bits per heavy atom. The molecule has 1 aromatic heterocycles. The summed E-state index contributed by atoms with van der Waals surface area (Å²) in [5.74, 6) is 1.16. The van der Waals surface area contributed by atoms with Gasteiger partial charge in [0.15, 0.2) is 11.5 Å². The number of H-pyrrole nitrogens is 1. The lowest BCUT2D eigenvalue weighted by molar-refractivity contribution is -0.129. The number of hydrogen-bond acceptors (Lipinski definition) is 4. The standard InChI is InChI=1S/C25H27N3O4/c1-25(2)22-17(16-7-5-6-8-18(16)26-22)14-19-23(29)27(24(30)28(19)25)12-11-15-9-10-20(31-3)21(13-15)32-4/h5-10,13,19,26H,11-12,14H2,1-4H3. The number of fused-ring (bicyclic) bond motifs is 4. The minimum absolute atomic E-state index is 0.125. The van der Waals surface area contributed by atoms with Crippen LogP contribution in [0, 0.1) is 0 Å². The molecule has 3 amide bonds. The van der Waals surface area contributed by atoms with Crippen LogP contribution in [0.15, 0.2) is 42.5 Å². The number of rotatable bonds is 5. The van der Waals surface area contributed by atoms with Crippen LogP contribution in [-0.2, 0) is 23.2 Å². The lowest BCUT2D eigenvalue weighted by Gasteiger charge is -2.42. The van der Waals surface area contributed by atoms with Crippen molar-refractivity contribution in [2.45, 2.75) is 38.3 Å². The smallest absolute Gasteiger partial charge is 0.328 e. The Morgan fingerprint density at radius 1 is 1.06 bits per heavy atom. The lowest BCUT2D eigenvalue weighted by atomic mass is 9.85. The van der Waals surface area contributed by atoms with E-state index in [2.05, 4.69) is 11.1 Å². The van der Waals surface area contributed by atoms with Crippen molar-refractivity contribution in [3.63, 3.8) is 0 Å². The van der Waals surface area contributed by atoms with E-state index in [0.29, 0.717) is 30.9 Å². The topological polar surface area (TPSA) is 74.9 Å². The fourth-order valence-corrected chi connectivity index (χ4v) is 5.19. The molecule has 2 aliphatic rings. The average molecular weight is 434 g/mol. The fourth-order valence-electron chi connectivity index (χ4n) is 5.19. The van der Waals surface area contributed by atoms with Crippen LogP contribution in [0.1, 0.15) is 30.7 Å². The number of amides is 3. The molecule has 0 bridgehead atoms. The maximum absolute atomic E-state index is 13.4. The SMILES string of the molecule is COc1ccc(CCN2C(=O)C3Cc4c([nH]c5ccccc45)C(C)(C)N3C2=O)cc1OC. The number of para-hydroxylation sites is 1. The Morgan fingerprint density at radius 3 is 2.56 bits per heavy atom. The Kier molecular flexibility index (Phi) is 4.65. The number of hydrogen-bond donors (Lipinski definition) is 1. The van der Waals surface area contributed by atoms with Crippen molar-refractivity contribution in [1.29, 1.82) is 0 Å². The zero-order chi connectivity index (χ0) is 22.6. The lowest BCUT2D eigenvalue weighted by Crippen LogP contribution is -2.52. The van der Waals surface area contributed by atoms with Crippen LogP contribution >= 0.6 is 0 Å². The summed E-state index contributed by atoms with van der Waals surface area (Å²) in [5.41, 5.74) is 3.55. The van der Waals surface area contributed by atoms with Crippen molar-refractivity contribution < 1.29 is 19.1 Å². The molecule has 0 radical (unpaired) electrons. The van der Waals surface area contributed by atoms with Crippen molar-refractivity contribution in [1.82, 2.24) is 14.8 Å². The van der Waals surface area contributed by atoms with E-state index in [1.807, 2.05) is 50.2 Å². The first kappa shape index (κ1) is 20.4. The number of aromatic amines is 1. The third-order valence-electron chi connectivity index (χ3n) is 6.80. The molecule has 1 fully saturated rings. The highest BCUT2D eigenvalue weighted by Gasteiger charge is 2.55. The predicted molar refractivity (Wildman–Crippen MR) is 121 cm³/mol. The van der Waals surface area contributed by atoms with Crippen molar-refractivity contribution in [2.24, 2.45) is 0 Å². The molecule has 5 rings (SSSR count). The van der Waals surface area contributed by atoms with E-state index in [-0.39, 0.29) is 11.9 Å². The number of imide groups is 1. The fraction of sp³-hybridized carbons (Fsp3) is 0.360. The molecular weight excluding hydrogens is 406 g/mol. The number of nitrogens with zero attached hydrogens (tertiary/aromatic N) is 2. The van der Waals surface area contributed by atoms with Crippen LogP contribution in [-0.4, -0.2) is 53.5 Å². The van der Waals surface area contributed by atoms with Gasteiger partial charge in [-0.15, -0.1) is 0 Å². The van der Waals surface area contributed by atoms with Gasteiger partial charge in [-0.3, -0.25) is 9.69 Å². The van der Waals surface area contributed by atoms with Crippen LogP contribution < -0.4 is 9.47 Å². The van der Waals surface area contributed by atoms with Gasteiger partial charge in [0.2, 0.25) is 0 Å². The summed E-state index contributed by atoms with van der Waals surface area (Å²) in [6, 6.07) is 13.1. The third kappa shape index (κ3) is 2.87. The zero-order valence-corrected chi connectivity index (χ0v) is 18.8. The normalized spacial score (nSPS) is 19.3. The molecule has 2 aromatic carbocycles.